The van der Waals surface area contributed by atoms with Crippen molar-refractivity contribution in [3.8, 4) is 17.2 Å². The zero-order valence-corrected chi connectivity index (χ0v) is 12.9. The van der Waals surface area contributed by atoms with E-state index in [4.69, 9.17) is 14.2 Å². The molecule has 0 aliphatic heterocycles. The topological polar surface area (TPSA) is 56.8 Å². The predicted molar refractivity (Wildman–Crippen MR) is 76.8 cm³/mol. The SMILES string of the molecule is COc1ccc(C(=O)NCCCBr)c(OC)c1OC. The molecule has 0 aliphatic rings. The van der Waals surface area contributed by atoms with Crippen LogP contribution in [-0.4, -0.2) is 39.1 Å². The van der Waals surface area contributed by atoms with Crippen molar-refractivity contribution in [3.05, 3.63) is 17.7 Å². The van der Waals surface area contributed by atoms with E-state index in [9.17, 15) is 4.79 Å². The summed E-state index contributed by atoms with van der Waals surface area (Å²) in [4.78, 5) is 12.1. The monoisotopic (exact) mass is 331 g/mol. The quantitative estimate of drug-likeness (QED) is 0.615. The lowest BCUT2D eigenvalue weighted by atomic mass is 10.1. The van der Waals surface area contributed by atoms with Crippen molar-refractivity contribution in [1.29, 1.82) is 0 Å². The number of halogens is 1. The average Bonchev–Trinajstić information content (AvgIpc) is 2.45. The second kappa shape index (κ2) is 7.89. The van der Waals surface area contributed by atoms with Gasteiger partial charge in [0.2, 0.25) is 5.75 Å². The first-order chi connectivity index (χ1) is 9.19. The molecule has 0 bridgehead atoms. The molecule has 6 heteroatoms. The summed E-state index contributed by atoms with van der Waals surface area (Å²) in [5, 5.41) is 3.66. The van der Waals surface area contributed by atoms with Crippen molar-refractivity contribution in [1.82, 2.24) is 5.32 Å². The Hall–Kier alpha value is -1.43. The molecule has 19 heavy (non-hydrogen) atoms. The van der Waals surface area contributed by atoms with Gasteiger partial charge in [-0.25, -0.2) is 0 Å². The predicted octanol–water partition coefficient (Wildman–Crippen LogP) is 2.23. The lowest BCUT2D eigenvalue weighted by Gasteiger charge is -2.15. The maximum Gasteiger partial charge on any atom is 0.255 e. The van der Waals surface area contributed by atoms with E-state index < -0.39 is 0 Å². The van der Waals surface area contributed by atoms with Crippen LogP contribution in [0.5, 0.6) is 17.2 Å². The highest BCUT2D eigenvalue weighted by atomic mass is 79.9. The number of hydrogen-bond acceptors (Lipinski definition) is 4. The number of nitrogens with one attached hydrogen (secondary N) is 1. The Balaban J connectivity index is 3.03. The lowest BCUT2D eigenvalue weighted by Crippen LogP contribution is -2.25. The van der Waals surface area contributed by atoms with Crippen LogP contribution in [0.3, 0.4) is 0 Å². The zero-order valence-electron chi connectivity index (χ0n) is 11.3. The normalized spacial score (nSPS) is 9.89. The molecule has 0 aliphatic carbocycles. The van der Waals surface area contributed by atoms with Crippen molar-refractivity contribution < 1.29 is 19.0 Å². The third-order valence-corrected chi connectivity index (χ3v) is 3.11. The Bertz CT molecular complexity index is 437. The van der Waals surface area contributed by atoms with Crippen LogP contribution in [0.15, 0.2) is 12.1 Å². The zero-order chi connectivity index (χ0) is 14.3. The fourth-order valence-corrected chi connectivity index (χ4v) is 1.92. The average molecular weight is 332 g/mol. The number of methoxy groups -OCH3 is 3. The Morgan fingerprint density at radius 3 is 2.37 bits per heavy atom. The first-order valence-electron chi connectivity index (χ1n) is 5.82. The highest BCUT2D eigenvalue weighted by Crippen LogP contribution is 2.39. The third-order valence-electron chi connectivity index (χ3n) is 2.54. The summed E-state index contributed by atoms with van der Waals surface area (Å²) < 4.78 is 15.7. The lowest BCUT2D eigenvalue weighted by molar-refractivity contribution is 0.0950. The second-order valence-corrected chi connectivity index (χ2v) is 4.47. The number of alkyl halides is 1. The van der Waals surface area contributed by atoms with Crippen LogP contribution in [0.25, 0.3) is 0 Å². The molecular weight excluding hydrogens is 314 g/mol. The summed E-state index contributed by atoms with van der Waals surface area (Å²) >= 11 is 3.31. The van der Waals surface area contributed by atoms with Gasteiger partial charge in [-0.15, -0.1) is 0 Å². The van der Waals surface area contributed by atoms with Crippen molar-refractivity contribution in [3.63, 3.8) is 0 Å². The maximum atomic E-state index is 12.1. The van der Waals surface area contributed by atoms with E-state index in [-0.39, 0.29) is 5.91 Å². The van der Waals surface area contributed by atoms with E-state index >= 15 is 0 Å². The number of rotatable bonds is 7. The van der Waals surface area contributed by atoms with E-state index in [1.807, 2.05) is 0 Å². The first-order valence-corrected chi connectivity index (χ1v) is 6.94. The number of carbonyl (C=O) groups excluding carboxylic acids is 1. The van der Waals surface area contributed by atoms with Gasteiger partial charge < -0.3 is 19.5 Å². The van der Waals surface area contributed by atoms with E-state index in [2.05, 4.69) is 21.2 Å². The largest absolute Gasteiger partial charge is 0.493 e. The van der Waals surface area contributed by atoms with Crippen LogP contribution in [0, 0.1) is 0 Å². The summed E-state index contributed by atoms with van der Waals surface area (Å²) in [7, 11) is 4.53. The highest BCUT2D eigenvalue weighted by molar-refractivity contribution is 9.09. The van der Waals surface area contributed by atoms with Crippen molar-refractivity contribution >= 4 is 21.8 Å². The van der Waals surface area contributed by atoms with Gasteiger partial charge in [-0.05, 0) is 18.6 Å². The molecule has 1 rings (SSSR count). The Kier molecular flexibility index (Phi) is 6.49. The summed E-state index contributed by atoms with van der Waals surface area (Å²) in [6, 6.07) is 3.34. The van der Waals surface area contributed by atoms with E-state index in [0.29, 0.717) is 29.4 Å². The van der Waals surface area contributed by atoms with Crippen molar-refractivity contribution in [2.45, 2.75) is 6.42 Å². The molecule has 1 amide bonds. The second-order valence-electron chi connectivity index (χ2n) is 3.68. The van der Waals surface area contributed by atoms with Crippen LogP contribution in [-0.2, 0) is 0 Å². The fraction of sp³-hybridized carbons (Fsp3) is 0.462. The van der Waals surface area contributed by atoms with Gasteiger partial charge >= 0.3 is 0 Å². The Morgan fingerprint density at radius 1 is 1.16 bits per heavy atom. The molecule has 0 saturated heterocycles. The number of ether oxygens (including phenoxy) is 3. The Morgan fingerprint density at radius 2 is 1.84 bits per heavy atom. The molecule has 5 nitrogen and oxygen atoms in total. The van der Waals surface area contributed by atoms with Gasteiger partial charge in [0.25, 0.3) is 5.91 Å². The standard InChI is InChI=1S/C13H18BrNO4/c1-17-10-6-5-9(11(18-2)12(10)19-3)13(16)15-8-4-7-14/h5-6H,4,7-8H2,1-3H3,(H,15,16). The van der Waals surface area contributed by atoms with E-state index in [0.717, 1.165) is 11.8 Å². The summed E-state index contributed by atoms with van der Waals surface area (Å²) in [5.41, 5.74) is 0.426. The number of amides is 1. The molecular formula is C13H18BrNO4. The van der Waals surface area contributed by atoms with Gasteiger partial charge in [0.15, 0.2) is 11.5 Å². The van der Waals surface area contributed by atoms with Gasteiger partial charge in [0.1, 0.15) is 0 Å². The molecule has 0 fully saturated rings. The number of benzene rings is 1. The van der Waals surface area contributed by atoms with Crippen LogP contribution in [0.4, 0.5) is 0 Å². The molecule has 106 valence electrons. The number of hydrogen-bond donors (Lipinski definition) is 1. The third kappa shape index (κ3) is 3.76. The molecule has 0 atom stereocenters. The van der Waals surface area contributed by atoms with Crippen LogP contribution in [0.2, 0.25) is 0 Å². The minimum atomic E-state index is -0.196. The molecule has 1 N–H and O–H groups in total. The molecule has 0 unspecified atom stereocenters. The molecule has 0 spiro atoms. The van der Waals surface area contributed by atoms with Gasteiger partial charge in [-0.3, -0.25) is 4.79 Å². The van der Waals surface area contributed by atoms with Crippen LogP contribution >= 0.6 is 15.9 Å². The van der Waals surface area contributed by atoms with Gasteiger partial charge in [-0.1, -0.05) is 15.9 Å². The molecule has 1 aromatic carbocycles. The summed E-state index contributed by atoms with van der Waals surface area (Å²) in [6.45, 7) is 0.599. The van der Waals surface area contributed by atoms with Crippen molar-refractivity contribution in [2.24, 2.45) is 0 Å². The molecule has 0 saturated carbocycles. The summed E-state index contributed by atoms with van der Waals surface area (Å²) in [6.07, 6.45) is 0.862. The first kappa shape index (κ1) is 15.6. The molecule has 1 aromatic rings. The number of carbonyl (C=O) groups is 1. The molecule has 0 heterocycles. The minimum absolute atomic E-state index is 0.196. The smallest absolute Gasteiger partial charge is 0.255 e. The molecule has 0 radical (unpaired) electrons. The maximum absolute atomic E-state index is 12.1. The van der Waals surface area contributed by atoms with Crippen LogP contribution < -0.4 is 19.5 Å². The van der Waals surface area contributed by atoms with Gasteiger partial charge in [0.05, 0.1) is 26.9 Å². The van der Waals surface area contributed by atoms with E-state index in [1.165, 1.54) is 21.3 Å². The Labute approximate surface area is 121 Å². The van der Waals surface area contributed by atoms with E-state index in [1.54, 1.807) is 12.1 Å². The fourth-order valence-electron chi connectivity index (χ4n) is 1.64. The summed E-state index contributed by atoms with van der Waals surface area (Å²) in [5.74, 6) is 1.12. The molecule has 0 aromatic heterocycles. The van der Waals surface area contributed by atoms with Crippen molar-refractivity contribution in [2.75, 3.05) is 33.2 Å². The van der Waals surface area contributed by atoms with Gasteiger partial charge in [-0.2, -0.15) is 0 Å². The van der Waals surface area contributed by atoms with Crippen LogP contribution in [0.1, 0.15) is 16.8 Å². The highest BCUT2D eigenvalue weighted by Gasteiger charge is 2.20. The minimum Gasteiger partial charge on any atom is -0.493 e. The van der Waals surface area contributed by atoms with Gasteiger partial charge in [0, 0.05) is 11.9 Å².